The van der Waals surface area contributed by atoms with Gasteiger partial charge in [-0.05, 0) is 113 Å². The first-order valence-corrected chi connectivity index (χ1v) is 14.5. The van der Waals surface area contributed by atoms with Crippen molar-refractivity contribution in [2.45, 2.75) is 47.3 Å². The van der Waals surface area contributed by atoms with Crippen molar-refractivity contribution in [2.24, 2.45) is 0 Å². The van der Waals surface area contributed by atoms with E-state index in [1.54, 1.807) is 6.07 Å². The van der Waals surface area contributed by atoms with E-state index in [1.807, 2.05) is 62.4 Å². The molecule has 6 heteroatoms. The van der Waals surface area contributed by atoms with Crippen LogP contribution in [0.3, 0.4) is 0 Å². The molecule has 6 nitrogen and oxygen atoms in total. The lowest BCUT2D eigenvalue weighted by Gasteiger charge is -2.12. The molecule has 4 rings (SSSR count). The van der Waals surface area contributed by atoms with E-state index in [2.05, 4.69) is 78.9 Å². The molecule has 0 aliphatic heterocycles. The Bertz CT molecular complexity index is 1540. The van der Waals surface area contributed by atoms with Crippen molar-refractivity contribution in [1.82, 2.24) is 14.9 Å². The summed E-state index contributed by atoms with van der Waals surface area (Å²) in [5, 5.41) is 18.3. The van der Waals surface area contributed by atoms with Gasteiger partial charge in [-0.1, -0.05) is 53.5 Å². The van der Waals surface area contributed by atoms with Crippen molar-refractivity contribution in [2.75, 3.05) is 27.2 Å². The van der Waals surface area contributed by atoms with E-state index in [0.29, 0.717) is 12.3 Å². The summed E-state index contributed by atoms with van der Waals surface area (Å²) in [5.41, 5.74) is 9.50. The van der Waals surface area contributed by atoms with E-state index in [9.17, 15) is 0 Å². The average Bonchev–Trinajstić information content (AvgIpc) is 2.97. The summed E-state index contributed by atoms with van der Waals surface area (Å²) in [4.78, 5) is 11.1. The molecule has 0 bridgehead atoms. The van der Waals surface area contributed by atoms with Crippen LogP contribution in [0.4, 0.5) is 0 Å². The molecule has 0 unspecified atom stereocenters. The van der Waals surface area contributed by atoms with Gasteiger partial charge in [-0.15, -0.1) is 0 Å². The summed E-state index contributed by atoms with van der Waals surface area (Å²) in [6, 6.07) is 21.6. The van der Waals surface area contributed by atoms with Gasteiger partial charge in [0, 0.05) is 23.5 Å². The van der Waals surface area contributed by atoms with E-state index in [0.717, 1.165) is 52.5 Å². The summed E-state index contributed by atoms with van der Waals surface area (Å²) >= 11 is 0. The standard InChI is InChI=1S/C21H28N2O.C16H15NO2/c1-16-13-17(2)15-19(14-16)8-9-20-21(10-7-18(3)22-20)24-12-6-11-23(4)5;1-12-3-2-4-16(17-12)6-5-13-7-14(10-18)9-15(8-13)11-19/h7-10,13-15H,6,11-12H2,1-5H3;2-4,7-9,18-19H,10-11H2,1H3. The van der Waals surface area contributed by atoms with E-state index in [4.69, 9.17) is 14.9 Å². The largest absolute Gasteiger partial charge is 0.491 e. The van der Waals surface area contributed by atoms with Gasteiger partial charge in [-0.25, -0.2) is 9.97 Å². The fraction of sp³-hybridized carbons (Fsp3) is 0.297. The zero-order valence-corrected chi connectivity index (χ0v) is 26.2. The van der Waals surface area contributed by atoms with Crippen molar-refractivity contribution < 1.29 is 14.9 Å². The number of aliphatic hydroxyl groups is 2. The van der Waals surface area contributed by atoms with Gasteiger partial charge in [0.1, 0.15) is 17.1 Å². The minimum absolute atomic E-state index is 0.0643. The molecule has 4 aromatic rings. The van der Waals surface area contributed by atoms with Gasteiger partial charge in [-0.2, -0.15) is 0 Å². The highest BCUT2D eigenvalue weighted by atomic mass is 16.5. The lowest BCUT2D eigenvalue weighted by atomic mass is 10.1. The molecule has 0 spiro atoms. The maximum absolute atomic E-state index is 9.16. The highest BCUT2D eigenvalue weighted by Crippen LogP contribution is 2.21. The fourth-order valence-corrected chi connectivity index (χ4v) is 4.42. The highest BCUT2D eigenvalue weighted by Gasteiger charge is 2.04. The summed E-state index contributed by atoms with van der Waals surface area (Å²) in [7, 11) is 4.15. The van der Waals surface area contributed by atoms with Crippen LogP contribution in [0.25, 0.3) is 12.2 Å². The number of nitrogens with zero attached hydrogens (tertiary/aromatic N) is 3. The molecular formula is C37H43N3O3. The Morgan fingerprint density at radius 2 is 1.44 bits per heavy atom. The number of aliphatic hydroxyl groups excluding tert-OH is 2. The SMILES string of the molecule is Cc1cc(C)cc(C=Cc2nc(C)ccc2OCCCN(C)C)c1.Cc1cccc(C#Cc2cc(CO)cc(CO)c2)n1. The number of benzene rings is 2. The summed E-state index contributed by atoms with van der Waals surface area (Å²) in [5.74, 6) is 6.83. The molecule has 224 valence electrons. The quantitative estimate of drug-likeness (QED) is 0.180. The minimum atomic E-state index is -0.0643. The molecule has 0 aliphatic carbocycles. The predicted molar refractivity (Wildman–Crippen MR) is 176 cm³/mol. The normalized spacial score (nSPS) is 10.7. The Kier molecular flexibility index (Phi) is 13.1. The Morgan fingerprint density at radius 1 is 0.767 bits per heavy atom. The van der Waals surface area contributed by atoms with Gasteiger partial charge in [0.25, 0.3) is 0 Å². The van der Waals surface area contributed by atoms with Crippen molar-refractivity contribution in [3.8, 4) is 17.6 Å². The van der Waals surface area contributed by atoms with Gasteiger partial charge in [-0.3, -0.25) is 0 Å². The Hall–Kier alpha value is -4.28. The number of ether oxygens (including phenoxy) is 1. The molecule has 0 atom stereocenters. The number of rotatable bonds is 9. The molecule has 0 radical (unpaired) electrons. The zero-order chi connectivity index (χ0) is 31.2. The second-order valence-corrected chi connectivity index (χ2v) is 10.9. The van der Waals surface area contributed by atoms with Crippen molar-refractivity contribution in [3.05, 3.63) is 123 Å². The van der Waals surface area contributed by atoms with Gasteiger partial charge >= 0.3 is 0 Å². The molecule has 0 fully saturated rings. The first kappa shape index (κ1) is 33.2. The topological polar surface area (TPSA) is 78.7 Å². The number of pyridine rings is 2. The molecule has 0 amide bonds. The third-order valence-electron chi connectivity index (χ3n) is 6.35. The molecule has 43 heavy (non-hydrogen) atoms. The first-order chi connectivity index (χ1) is 20.6. The van der Waals surface area contributed by atoms with E-state index in [-0.39, 0.29) is 13.2 Å². The van der Waals surface area contributed by atoms with Crippen LogP contribution >= 0.6 is 0 Å². The van der Waals surface area contributed by atoms with Crippen LogP contribution in [0.1, 0.15) is 62.6 Å². The van der Waals surface area contributed by atoms with E-state index in [1.165, 1.54) is 16.7 Å². The monoisotopic (exact) mass is 577 g/mol. The predicted octanol–water partition coefficient (Wildman–Crippen LogP) is 6.28. The van der Waals surface area contributed by atoms with E-state index >= 15 is 0 Å². The number of hydrogen-bond acceptors (Lipinski definition) is 6. The van der Waals surface area contributed by atoms with Crippen LogP contribution in [-0.2, 0) is 13.2 Å². The van der Waals surface area contributed by atoms with Crippen LogP contribution in [0.5, 0.6) is 5.75 Å². The second kappa shape index (κ2) is 17.0. The molecule has 0 saturated heterocycles. The van der Waals surface area contributed by atoms with Gasteiger partial charge in [0.2, 0.25) is 0 Å². The van der Waals surface area contributed by atoms with Crippen LogP contribution in [0.15, 0.2) is 66.7 Å². The van der Waals surface area contributed by atoms with Crippen molar-refractivity contribution >= 4 is 12.2 Å². The van der Waals surface area contributed by atoms with Crippen LogP contribution in [0, 0.1) is 39.5 Å². The van der Waals surface area contributed by atoms with Gasteiger partial charge in [0.15, 0.2) is 0 Å². The zero-order valence-electron chi connectivity index (χ0n) is 26.2. The molecular weight excluding hydrogens is 534 g/mol. The van der Waals surface area contributed by atoms with Crippen LogP contribution in [0.2, 0.25) is 0 Å². The number of aryl methyl sites for hydroxylation is 4. The van der Waals surface area contributed by atoms with Crippen LogP contribution < -0.4 is 4.74 Å². The van der Waals surface area contributed by atoms with Gasteiger partial charge < -0.3 is 19.8 Å². The third-order valence-corrected chi connectivity index (χ3v) is 6.35. The summed E-state index contributed by atoms with van der Waals surface area (Å²) in [6.45, 7) is 9.76. The molecule has 0 saturated carbocycles. The van der Waals surface area contributed by atoms with Gasteiger partial charge in [0.05, 0.1) is 19.8 Å². The van der Waals surface area contributed by atoms with E-state index < -0.39 is 0 Å². The Labute approximate surface area is 256 Å². The smallest absolute Gasteiger partial charge is 0.144 e. The lowest BCUT2D eigenvalue weighted by Crippen LogP contribution is -2.15. The maximum Gasteiger partial charge on any atom is 0.144 e. The summed E-state index contributed by atoms with van der Waals surface area (Å²) < 4.78 is 5.94. The second-order valence-electron chi connectivity index (χ2n) is 10.9. The Morgan fingerprint density at radius 3 is 2.07 bits per heavy atom. The highest BCUT2D eigenvalue weighted by molar-refractivity contribution is 5.71. The Balaban J connectivity index is 0.000000242. The molecule has 2 heterocycles. The molecule has 2 aromatic carbocycles. The fourth-order valence-electron chi connectivity index (χ4n) is 4.42. The van der Waals surface area contributed by atoms with Crippen molar-refractivity contribution in [1.29, 1.82) is 0 Å². The molecule has 0 aliphatic rings. The molecule has 2 N–H and O–H groups in total. The average molecular weight is 578 g/mol. The third kappa shape index (κ3) is 11.9. The number of hydrogen-bond donors (Lipinski definition) is 2. The lowest BCUT2D eigenvalue weighted by molar-refractivity contribution is 0.275. The number of aromatic nitrogens is 2. The minimum Gasteiger partial charge on any atom is -0.491 e. The van der Waals surface area contributed by atoms with Crippen LogP contribution in [-0.4, -0.2) is 52.3 Å². The first-order valence-electron chi connectivity index (χ1n) is 14.5. The van der Waals surface area contributed by atoms with Crippen molar-refractivity contribution in [3.63, 3.8) is 0 Å². The molecule has 2 aromatic heterocycles. The maximum atomic E-state index is 9.16. The summed E-state index contributed by atoms with van der Waals surface area (Å²) in [6.07, 6.45) is 5.15.